The highest BCUT2D eigenvalue weighted by Gasteiger charge is 2.41. The maximum Gasteiger partial charge on any atom is 0.149 e. The van der Waals surface area contributed by atoms with Gasteiger partial charge in [0.15, 0.2) is 0 Å². The van der Waals surface area contributed by atoms with Crippen LogP contribution in [0.5, 0.6) is 5.75 Å². The molecule has 5 heteroatoms. The lowest BCUT2D eigenvalue weighted by Gasteiger charge is -2.34. The van der Waals surface area contributed by atoms with Crippen molar-refractivity contribution in [2.45, 2.75) is 64.5 Å². The van der Waals surface area contributed by atoms with E-state index in [1.165, 1.54) is 23.3 Å². The average Bonchev–Trinajstić information content (AvgIpc) is 3.29. The van der Waals surface area contributed by atoms with E-state index in [0.29, 0.717) is 6.04 Å². The number of nitrogens with one attached hydrogen (secondary N) is 2. The highest BCUT2D eigenvalue weighted by atomic mass is 16.5. The molecule has 2 N–H and O–H groups in total. The van der Waals surface area contributed by atoms with E-state index in [1.807, 2.05) is 12.1 Å². The molecule has 1 atom stereocenters. The van der Waals surface area contributed by atoms with Gasteiger partial charge in [0.25, 0.3) is 0 Å². The number of benzene rings is 1. The molecule has 0 bridgehead atoms. The van der Waals surface area contributed by atoms with Crippen LogP contribution >= 0.6 is 0 Å². The van der Waals surface area contributed by atoms with Gasteiger partial charge in [-0.2, -0.15) is 0 Å². The number of hydrogen-bond acceptors (Lipinski definition) is 4. The second kappa shape index (κ2) is 7.04. The molecule has 1 unspecified atom stereocenters. The normalized spacial score (nSPS) is 25.6. The fraction of sp³-hybridized carbons (Fsp3) is 0.500. The summed E-state index contributed by atoms with van der Waals surface area (Å²) >= 11 is 0. The first-order valence-electron chi connectivity index (χ1n) is 10.1. The van der Waals surface area contributed by atoms with Crippen LogP contribution in [0.3, 0.4) is 0 Å². The van der Waals surface area contributed by atoms with Crippen molar-refractivity contribution in [2.24, 2.45) is 4.99 Å². The summed E-state index contributed by atoms with van der Waals surface area (Å²) in [5.74, 6) is 3.08. The Bertz CT molecular complexity index is 804. The van der Waals surface area contributed by atoms with E-state index in [1.54, 1.807) is 7.11 Å². The molecule has 1 aromatic rings. The number of methoxy groups -OCH3 is 1. The van der Waals surface area contributed by atoms with Crippen molar-refractivity contribution in [3.8, 4) is 5.75 Å². The molecular formula is C22H30N4O. The number of hydrazine groups is 1. The monoisotopic (exact) mass is 366 g/mol. The van der Waals surface area contributed by atoms with Gasteiger partial charge in [-0.15, -0.1) is 0 Å². The molecule has 2 aliphatic heterocycles. The van der Waals surface area contributed by atoms with Crippen molar-refractivity contribution in [2.75, 3.05) is 7.11 Å². The van der Waals surface area contributed by atoms with Gasteiger partial charge in [0.05, 0.1) is 18.7 Å². The van der Waals surface area contributed by atoms with Gasteiger partial charge < -0.3 is 10.1 Å². The van der Waals surface area contributed by atoms with Crippen molar-refractivity contribution in [3.63, 3.8) is 0 Å². The molecule has 144 valence electrons. The summed E-state index contributed by atoms with van der Waals surface area (Å²) in [6, 6.07) is 8.65. The average molecular weight is 367 g/mol. The molecule has 2 heterocycles. The van der Waals surface area contributed by atoms with E-state index < -0.39 is 0 Å². The third-order valence-corrected chi connectivity index (χ3v) is 5.93. The molecule has 1 aliphatic carbocycles. The molecule has 1 aromatic carbocycles. The van der Waals surface area contributed by atoms with Crippen LogP contribution in [0.1, 0.15) is 58.4 Å². The topological polar surface area (TPSA) is 48.9 Å². The Morgan fingerprint density at radius 2 is 1.93 bits per heavy atom. The van der Waals surface area contributed by atoms with Crippen molar-refractivity contribution in [1.82, 2.24) is 15.8 Å². The van der Waals surface area contributed by atoms with Crippen LogP contribution in [-0.4, -0.2) is 24.0 Å². The minimum Gasteiger partial charge on any atom is -0.497 e. The molecule has 27 heavy (non-hydrogen) atoms. The molecule has 0 saturated heterocycles. The fourth-order valence-electron chi connectivity index (χ4n) is 4.20. The van der Waals surface area contributed by atoms with E-state index in [-0.39, 0.29) is 5.54 Å². The van der Waals surface area contributed by atoms with Gasteiger partial charge in [0, 0.05) is 11.3 Å². The quantitative estimate of drug-likeness (QED) is 0.820. The Balaban J connectivity index is 1.70. The molecule has 0 fully saturated rings. The lowest BCUT2D eigenvalue weighted by atomic mass is 9.93. The third kappa shape index (κ3) is 3.14. The Hall–Kier alpha value is -2.27. The summed E-state index contributed by atoms with van der Waals surface area (Å²) in [4.78, 5) is 5.17. The summed E-state index contributed by atoms with van der Waals surface area (Å²) < 4.78 is 5.31. The molecule has 3 aliphatic rings. The van der Waals surface area contributed by atoms with Crippen LogP contribution < -0.4 is 15.5 Å². The maximum absolute atomic E-state index is 5.31. The summed E-state index contributed by atoms with van der Waals surface area (Å²) in [5, 5.41) is 5.84. The number of rotatable bonds is 5. The zero-order valence-electron chi connectivity index (χ0n) is 16.8. The second-order valence-electron chi connectivity index (χ2n) is 7.77. The number of aliphatic imine (C=N–C) groups is 1. The van der Waals surface area contributed by atoms with Gasteiger partial charge >= 0.3 is 0 Å². The van der Waals surface area contributed by atoms with E-state index in [4.69, 9.17) is 9.73 Å². The van der Waals surface area contributed by atoms with Crippen molar-refractivity contribution >= 4 is 5.84 Å². The lowest BCUT2D eigenvalue weighted by molar-refractivity contribution is 0.297. The summed E-state index contributed by atoms with van der Waals surface area (Å²) in [7, 11) is 1.70. The van der Waals surface area contributed by atoms with Gasteiger partial charge in [-0.05, 0) is 62.8 Å². The van der Waals surface area contributed by atoms with Crippen LogP contribution in [0, 0.1) is 0 Å². The SMILES string of the molecule is CCC(CC)N=C1C2=C(CCC2)NC2=CC(C)(c3ccc(OC)cc3)NN21. The molecule has 4 rings (SSSR count). The van der Waals surface area contributed by atoms with E-state index in [2.05, 4.69) is 54.7 Å². The minimum atomic E-state index is -0.289. The van der Waals surface area contributed by atoms with Crippen LogP contribution in [0.4, 0.5) is 0 Å². The molecular weight excluding hydrogens is 336 g/mol. The minimum absolute atomic E-state index is 0.289. The molecule has 0 amide bonds. The fourth-order valence-corrected chi connectivity index (χ4v) is 4.20. The van der Waals surface area contributed by atoms with Gasteiger partial charge in [-0.3, -0.25) is 4.99 Å². The Morgan fingerprint density at radius 1 is 1.19 bits per heavy atom. The van der Waals surface area contributed by atoms with Crippen LogP contribution in [0.25, 0.3) is 0 Å². The van der Waals surface area contributed by atoms with E-state index in [9.17, 15) is 0 Å². The van der Waals surface area contributed by atoms with Crippen LogP contribution in [-0.2, 0) is 5.54 Å². The predicted molar refractivity (Wildman–Crippen MR) is 109 cm³/mol. The molecule has 0 spiro atoms. The number of hydrogen-bond donors (Lipinski definition) is 2. The summed E-state index contributed by atoms with van der Waals surface area (Å²) in [5.41, 5.74) is 7.36. The smallest absolute Gasteiger partial charge is 0.149 e. The number of fused-ring (bicyclic) bond motifs is 1. The van der Waals surface area contributed by atoms with Crippen molar-refractivity contribution in [3.05, 3.63) is 53.0 Å². The molecule has 0 radical (unpaired) electrons. The molecule has 0 saturated carbocycles. The summed E-state index contributed by atoms with van der Waals surface area (Å²) in [6.45, 7) is 6.65. The number of ether oxygens (including phenoxy) is 1. The number of nitrogens with zero attached hydrogens (tertiary/aromatic N) is 2. The number of allylic oxidation sites excluding steroid dienone is 1. The Kier molecular flexibility index (Phi) is 4.72. The van der Waals surface area contributed by atoms with Crippen LogP contribution in [0.15, 0.2) is 52.4 Å². The highest BCUT2D eigenvalue weighted by Crippen LogP contribution is 2.38. The first kappa shape index (κ1) is 18.1. The zero-order valence-corrected chi connectivity index (χ0v) is 16.8. The van der Waals surface area contributed by atoms with E-state index >= 15 is 0 Å². The van der Waals surface area contributed by atoms with E-state index in [0.717, 1.165) is 43.1 Å². The van der Waals surface area contributed by atoms with Gasteiger partial charge in [-0.25, -0.2) is 10.4 Å². The first-order valence-corrected chi connectivity index (χ1v) is 10.1. The first-order chi connectivity index (χ1) is 13.1. The van der Waals surface area contributed by atoms with Gasteiger partial charge in [-0.1, -0.05) is 26.0 Å². The molecule has 0 aromatic heterocycles. The Labute approximate surface area is 162 Å². The highest BCUT2D eigenvalue weighted by molar-refractivity contribution is 6.01. The van der Waals surface area contributed by atoms with Gasteiger partial charge in [0.2, 0.25) is 0 Å². The van der Waals surface area contributed by atoms with Gasteiger partial charge in [0.1, 0.15) is 17.4 Å². The zero-order chi connectivity index (χ0) is 19.0. The summed E-state index contributed by atoms with van der Waals surface area (Å²) in [6.07, 6.45) is 7.83. The van der Waals surface area contributed by atoms with Crippen molar-refractivity contribution in [1.29, 1.82) is 0 Å². The predicted octanol–water partition coefficient (Wildman–Crippen LogP) is 4.20. The third-order valence-electron chi connectivity index (χ3n) is 5.93. The second-order valence-corrected chi connectivity index (χ2v) is 7.77. The maximum atomic E-state index is 5.31. The lowest BCUT2D eigenvalue weighted by Crippen LogP contribution is -2.50. The number of amidine groups is 1. The molecule has 5 nitrogen and oxygen atoms in total. The van der Waals surface area contributed by atoms with Crippen molar-refractivity contribution < 1.29 is 4.74 Å². The van der Waals surface area contributed by atoms with Crippen LogP contribution in [0.2, 0.25) is 0 Å². The largest absolute Gasteiger partial charge is 0.497 e. The Morgan fingerprint density at radius 3 is 2.59 bits per heavy atom. The standard InChI is InChI=1S/C22H30N4O/c1-5-16(6-2)23-21-18-8-7-9-19(18)24-20-14-22(3,25-26(20)21)15-10-12-17(27-4)13-11-15/h10-14,16,24-25H,5-9H2,1-4H3.